The van der Waals surface area contributed by atoms with Gasteiger partial charge in [-0.1, -0.05) is 17.7 Å². The number of amides is 1. The van der Waals surface area contributed by atoms with Gasteiger partial charge < -0.3 is 14.8 Å². The molecule has 2 aromatic rings. The van der Waals surface area contributed by atoms with Crippen LogP contribution < -0.4 is 4.90 Å². The summed E-state index contributed by atoms with van der Waals surface area (Å²) in [5.74, 6) is 1.15. The van der Waals surface area contributed by atoms with Gasteiger partial charge in [0.2, 0.25) is 0 Å². The quantitative estimate of drug-likeness (QED) is 0.608. The zero-order chi connectivity index (χ0) is 23.7. The number of aromatic nitrogens is 2. The number of aldehydes is 1. The molecular weight excluding hydrogens is 469 g/mol. The lowest BCUT2D eigenvalue weighted by atomic mass is 10.1. The van der Waals surface area contributed by atoms with Crippen LogP contribution >= 0.6 is 23.4 Å². The van der Waals surface area contributed by atoms with E-state index in [9.17, 15) is 19.1 Å². The van der Waals surface area contributed by atoms with Gasteiger partial charge in [-0.25, -0.2) is 29.2 Å². The van der Waals surface area contributed by atoms with Crippen molar-refractivity contribution in [3.8, 4) is 0 Å². The Bertz CT molecular complexity index is 1060. The van der Waals surface area contributed by atoms with Crippen molar-refractivity contribution in [2.24, 2.45) is 0 Å². The van der Waals surface area contributed by atoms with E-state index in [0.717, 1.165) is 27.8 Å². The number of rotatable bonds is 6. The van der Waals surface area contributed by atoms with Gasteiger partial charge in [-0.2, -0.15) is 0 Å². The Morgan fingerprint density at radius 2 is 2.18 bits per heavy atom. The molecule has 1 saturated heterocycles. The van der Waals surface area contributed by atoms with E-state index in [0.29, 0.717) is 36.7 Å². The normalized spacial score (nSPS) is 21.5. The number of carbonyl (C=O) groups excluding carboxylic acids is 1. The standard InChI is InChI=1S/C22H25ClFN5O3S/c1-13-9-27(5-6-28(13)21-20-14(2)33-11-19(20)25-12-26-21)29(22(31)32)16(10-30)7-15-3-4-17(23)18(24)8-15/h3-4,8,10,12-14,16H,5-7,9,11H2,1-2H3,(H,31,32)/t13-,14-,16+/m0/s1. The molecule has 1 fully saturated rings. The van der Waals surface area contributed by atoms with E-state index in [1.807, 2.05) is 18.7 Å². The van der Waals surface area contributed by atoms with Gasteiger partial charge in [0.15, 0.2) is 0 Å². The highest BCUT2D eigenvalue weighted by atomic mass is 35.5. The number of halogens is 2. The number of anilines is 1. The third-order valence-corrected chi connectivity index (χ3v) is 7.58. The van der Waals surface area contributed by atoms with Crippen molar-refractivity contribution in [1.29, 1.82) is 0 Å². The Kier molecular flexibility index (Phi) is 7.06. The smallest absolute Gasteiger partial charge is 0.422 e. The van der Waals surface area contributed by atoms with Crippen LogP contribution in [0.15, 0.2) is 24.5 Å². The van der Waals surface area contributed by atoms with Crippen LogP contribution in [-0.4, -0.2) is 69.2 Å². The van der Waals surface area contributed by atoms with Gasteiger partial charge in [0.25, 0.3) is 0 Å². The maximum atomic E-state index is 13.8. The summed E-state index contributed by atoms with van der Waals surface area (Å²) in [6, 6.07) is 3.20. The fraction of sp³-hybridized carbons (Fsp3) is 0.455. The summed E-state index contributed by atoms with van der Waals surface area (Å²) in [6.07, 6.45) is 0.999. The van der Waals surface area contributed by atoms with Crippen molar-refractivity contribution in [2.45, 2.75) is 43.4 Å². The first kappa shape index (κ1) is 23.7. The fourth-order valence-corrected chi connectivity index (χ4v) is 5.65. The first-order valence-electron chi connectivity index (χ1n) is 10.7. The molecule has 0 saturated carbocycles. The Balaban J connectivity index is 1.52. The van der Waals surface area contributed by atoms with Gasteiger partial charge in [-0.15, -0.1) is 11.8 Å². The molecule has 4 rings (SSSR count). The molecule has 1 N–H and O–H groups in total. The van der Waals surface area contributed by atoms with Crippen LogP contribution in [0.25, 0.3) is 0 Å². The lowest BCUT2D eigenvalue weighted by Crippen LogP contribution is -2.62. The van der Waals surface area contributed by atoms with Crippen molar-refractivity contribution in [3.05, 3.63) is 52.2 Å². The predicted molar refractivity (Wildman–Crippen MR) is 125 cm³/mol. The molecule has 0 unspecified atom stereocenters. The van der Waals surface area contributed by atoms with Crippen LogP contribution in [-0.2, 0) is 17.0 Å². The SMILES string of the molecule is C[C@@H]1SCc2ncnc(N3CCN(N(C(=O)O)[C@@H](C=O)Cc4ccc(Cl)c(F)c4)C[C@@H]3C)c21. The van der Waals surface area contributed by atoms with E-state index in [1.54, 1.807) is 17.4 Å². The number of hydrogen-bond donors (Lipinski definition) is 1. The molecule has 176 valence electrons. The molecule has 33 heavy (non-hydrogen) atoms. The van der Waals surface area contributed by atoms with Crippen molar-refractivity contribution in [1.82, 2.24) is 20.0 Å². The molecule has 3 heterocycles. The van der Waals surface area contributed by atoms with Crippen LogP contribution in [0.4, 0.5) is 15.0 Å². The molecule has 3 atom stereocenters. The second-order valence-electron chi connectivity index (χ2n) is 8.25. The molecule has 11 heteroatoms. The van der Waals surface area contributed by atoms with Crippen molar-refractivity contribution >= 4 is 41.6 Å². The maximum Gasteiger partial charge on any atom is 0.422 e. The van der Waals surface area contributed by atoms with Crippen LogP contribution in [0.5, 0.6) is 0 Å². The molecule has 0 bridgehead atoms. The molecule has 1 aromatic heterocycles. The van der Waals surface area contributed by atoms with E-state index < -0.39 is 18.0 Å². The highest BCUT2D eigenvalue weighted by Gasteiger charge is 2.37. The van der Waals surface area contributed by atoms with Crippen molar-refractivity contribution < 1.29 is 19.1 Å². The van der Waals surface area contributed by atoms with Crippen molar-refractivity contribution in [2.75, 3.05) is 24.5 Å². The topological polar surface area (TPSA) is 89.9 Å². The van der Waals surface area contributed by atoms with E-state index >= 15 is 0 Å². The van der Waals surface area contributed by atoms with E-state index in [2.05, 4.69) is 21.8 Å². The number of benzene rings is 1. The van der Waals surface area contributed by atoms with Gasteiger partial charge in [0, 0.05) is 48.7 Å². The molecule has 0 spiro atoms. The summed E-state index contributed by atoms with van der Waals surface area (Å²) in [5, 5.41) is 12.9. The summed E-state index contributed by atoms with van der Waals surface area (Å²) < 4.78 is 13.8. The number of carboxylic acid groups (broad SMARTS) is 1. The van der Waals surface area contributed by atoms with Crippen LogP contribution in [0.1, 0.15) is 35.9 Å². The second-order valence-corrected chi connectivity index (χ2v) is 9.99. The predicted octanol–water partition coefficient (Wildman–Crippen LogP) is 3.79. The third kappa shape index (κ3) is 4.78. The minimum atomic E-state index is -1.23. The Morgan fingerprint density at radius 3 is 2.85 bits per heavy atom. The number of carbonyl (C=O) groups is 2. The monoisotopic (exact) mass is 493 g/mol. The van der Waals surface area contributed by atoms with E-state index in [1.165, 1.54) is 12.1 Å². The zero-order valence-electron chi connectivity index (χ0n) is 18.3. The van der Waals surface area contributed by atoms with Gasteiger partial charge in [0.1, 0.15) is 30.3 Å². The molecule has 2 aliphatic rings. The minimum absolute atomic E-state index is 0.0228. The highest BCUT2D eigenvalue weighted by molar-refractivity contribution is 7.99. The van der Waals surface area contributed by atoms with Gasteiger partial charge in [-0.3, -0.25) is 0 Å². The average Bonchev–Trinajstić information content (AvgIpc) is 3.17. The first-order valence-corrected chi connectivity index (χ1v) is 12.1. The molecule has 2 aliphatic heterocycles. The minimum Gasteiger partial charge on any atom is -0.464 e. The molecule has 1 aromatic carbocycles. The summed E-state index contributed by atoms with van der Waals surface area (Å²) in [4.78, 5) is 35.2. The van der Waals surface area contributed by atoms with E-state index in [-0.39, 0.29) is 17.5 Å². The molecule has 0 radical (unpaired) electrons. The number of thioether (sulfide) groups is 1. The molecule has 1 amide bonds. The Labute approximate surface area is 200 Å². The number of hydrogen-bond acceptors (Lipinski definition) is 7. The third-order valence-electron chi connectivity index (χ3n) is 6.10. The number of fused-ring (bicyclic) bond motifs is 1. The maximum absolute atomic E-state index is 13.8. The second kappa shape index (κ2) is 9.82. The summed E-state index contributed by atoms with van der Waals surface area (Å²) in [5.41, 5.74) is 2.69. The Morgan fingerprint density at radius 1 is 1.39 bits per heavy atom. The average molecular weight is 494 g/mol. The van der Waals surface area contributed by atoms with Gasteiger partial charge >= 0.3 is 6.09 Å². The van der Waals surface area contributed by atoms with Gasteiger partial charge in [-0.05, 0) is 31.5 Å². The summed E-state index contributed by atoms with van der Waals surface area (Å²) in [6.45, 7) is 5.50. The number of piperazine rings is 1. The molecule has 0 aliphatic carbocycles. The summed E-state index contributed by atoms with van der Waals surface area (Å²) >= 11 is 7.56. The van der Waals surface area contributed by atoms with Gasteiger partial charge in [0.05, 0.1) is 10.7 Å². The number of hydrazine groups is 1. The van der Waals surface area contributed by atoms with E-state index in [4.69, 9.17) is 11.6 Å². The largest absolute Gasteiger partial charge is 0.464 e. The fourth-order valence-electron chi connectivity index (χ4n) is 4.49. The lowest BCUT2D eigenvalue weighted by Gasteiger charge is -2.45. The molecule has 8 nitrogen and oxygen atoms in total. The van der Waals surface area contributed by atoms with Crippen molar-refractivity contribution in [3.63, 3.8) is 0 Å². The first-order chi connectivity index (χ1) is 15.8. The van der Waals surface area contributed by atoms with Crippen LogP contribution in [0, 0.1) is 5.82 Å². The Hall–Kier alpha value is -2.43. The summed E-state index contributed by atoms with van der Waals surface area (Å²) in [7, 11) is 0. The lowest BCUT2D eigenvalue weighted by molar-refractivity contribution is -0.120. The number of nitrogens with zero attached hydrogens (tertiary/aromatic N) is 5. The molecular formula is C22H25ClFN5O3S. The zero-order valence-corrected chi connectivity index (χ0v) is 19.9. The highest BCUT2D eigenvalue weighted by Crippen LogP contribution is 2.44. The van der Waals surface area contributed by atoms with Crippen LogP contribution in [0.3, 0.4) is 0 Å². The van der Waals surface area contributed by atoms with Crippen LogP contribution in [0.2, 0.25) is 5.02 Å².